The van der Waals surface area contributed by atoms with Crippen molar-refractivity contribution < 1.29 is 52.0 Å². The molecule has 47 heavy (non-hydrogen) atoms. The minimum absolute atomic E-state index is 0.0678. The molecule has 0 bridgehead atoms. The average molecular weight is 653 g/mol. The van der Waals surface area contributed by atoms with E-state index in [1.807, 2.05) is 0 Å². The molecule has 3 heterocycles. The maximum absolute atomic E-state index is 13.5. The molecule has 3 aromatic rings. The van der Waals surface area contributed by atoms with Gasteiger partial charge in [0.25, 0.3) is 23.4 Å². The maximum atomic E-state index is 13.5. The molecule has 1 unspecified atom stereocenters. The highest BCUT2D eigenvalue weighted by Gasteiger charge is 2.41. The Morgan fingerprint density at radius 2 is 0.936 bits per heavy atom. The number of ketones is 2. The molecule has 1 aromatic heterocycles. The molecule has 2 aromatic carbocycles. The number of likely N-dealkylation sites (tertiary alicyclic amines) is 2. The molecule has 15 nitrogen and oxygen atoms in total. The van der Waals surface area contributed by atoms with Crippen LogP contribution in [-0.2, 0) is 9.59 Å². The van der Waals surface area contributed by atoms with E-state index in [4.69, 9.17) is 32.8 Å². The van der Waals surface area contributed by atoms with Crippen LogP contribution in [0.2, 0.25) is 0 Å². The molecule has 250 valence electrons. The zero-order valence-electron chi connectivity index (χ0n) is 27.0. The number of rotatable bonds is 12. The van der Waals surface area contributed by atoms with Crippen molar-refractivity contribution in [2.75, 3.05) is 55.7 Å². The number of Topliss-reactive ketones (excluding diaryl/α,β-unsaturated/α-hetero) is 2. The lowest BCUT2D eigenvalue weighted by Gasteiger charge is -2.23. The summed E-state index contributed by atoms with van der Waals surface area (Å²) < 4.78 is 38.0. The molecular formula is C32H36N4O11. The Balaban J connectivity index is 1.34. The Morgan fingerprint density at radius 1 is 0.596 bits per heavy atom. The number of benzene rings is 2. The minimum atomic E-state index is -0.770. The summed E-state index contributed by atoms with van der Waals surface area (Å²) in [4.78, 5) is 56.5. The summed E-state index contributed by atoms with van der Waals surface area (Å²) in [6.45, 7) is 0.601. The van der Waals surface area contributed by atoms with E-state index in [0.717, 1.165) is 0 Å². The predicted molar refractivity (Wildman–Crippen MR) is 163 cm³/mol. The Morgan fingerprint density at radius 3 is 1.23 bits per heavy atom. The zero-order chi connectivity index (χ0) is 33.8. The highest BCUT2D eigenvalue weighted by Crippen LogP contribution is 2.41. The van der Waals surface area contributed by atoms with Gasteiger partial charge in [-0.3, -0.25) is 19.2 Å². The molecule has 2 atom stereocenters. The molecule has 2 fully saturated rings. The molecule has 0 spiro atoms. The molecule has 15 heteroatoms. The van der Waals surface area contributed by atoms with E-state index in [9.17, 15) is 19.2 Å². The third kappa shape index (κ3) is 6.12. The number of nitrogens with zero attached hydrogens (tertiary/aromatic N) is 4. The summed E-state index contributed by atoms with van der Waals surface area (Å²) in [5.74, 6) is -1.24. The van der Waals surface area contributed by atoms with Crippen molar-refractivity contribution in [1.29, 1.82) is 0 Å². The van der Waals surface area contributed by atoms with E-state index < -0.39 is 35.5 Å². The van der Waals surface area contributed by atoms with Crippen molar-refractivity contribution in [2.45, 2.75) is 37.8 Å². The summed E-state index contributed by atoms with van der Waals surface area (Å²) in [6, 6.07) is 4.37. The van der Waals surface area contributed by atoms with Crippen molar-refractivity contribution in [3.05, 3.63) is 47.2 Å². The molecule has 0 N–H and O–H groups in total. The number of hydrogen-bond acceptors (Lipinski definition) is 13. The van der Waals surface area contributed by atoms with Gasteiger partial charge in [-0.05, 0) is 49.9 Å². The maximum Gasteiger partial charge on any atom is 0.295 e. The van der Waals surface area contributed by atoms with Crippen molar-refractivity contribution in [2.24, 2.45) is 0 Å². The lowest BCUT2D eigenvalue weighted by Crippen LogP contribution is -2.36. The summed E-state index contributed by atoms with van der Waals surface area (Å²) in [5.41, 5.74) is 0.136. The molecule has 2 aliphatic heterocycles. The van der Waals surface area contributed by atoms with Crippen molar-refractivity contribution in [3.63, 3.8) is 0 Å². The number of hydrogen-bond donors (Lipinski definition) is 0. The number of amides is 2. The van der Waals surface area contributed by atoms with Crippen molar-refractivity contribution >= 4 is 23.4 Å². The second-order valence-electron chi connectivity index (χ2n) is 10.8. The standard InChI is InChI=1S/C32H36N4O11/c1-41-21-13-17(14-22(42-2)27(21)45-5)25(37)31(39)35-11-7-9-19(35)29-33-34-30(47-29)20-10-8-12-36(20)32(40)26(38)18-15-23(43-3)28(46-6)24(16-18)44-4/h13-16,19-20H,7-12H2,1-6H3/t19-,20?/m0/s1. The van der Waals surface area contributed by atoms with Gasteiger partial charge in [-0.25, -0.2) is 0 Å². The topological polar surface area (TPSA) is 169 Å². The van der Waals surface area contributed by atoms with E-state index >= 15 is 0 Å². The van der Waals surface area contributed by atoms with Gasteiger partial charge in [-0.2, -0.15) is 0 Å². The van der Waals surface area contributed by atoms with Crippen LogP contribution < -0.4 is 28.4 Å². The summed E-state index contributed by atoms with van der Waals surface area (Å²) in [5, 5.41) is 8.40. The third-order valence-electron chi connectivity index (χ3n) is 8.30. The number of methoxy groups -OCH3 is 6. The van der Waals surface area contributed by atoms with E-state index in [2.05, 4.69) is 10.2 Å². The molecule has 0 saturated carbocycles. The predicted octanol–water partition coefficient (Wildman–Crippen LogP) is 3.21. The number of ether oxygens (including phenoxy) is 6. The molecular weight excluding hydrogens is 616 g/mol. The van der Waals surface area contributed by atoms with Crippen LogP contribution >= 0.6 is 0 Å². The average Bonchev–Trinajstić information content (AvgIpc) is 3.90. The van der Waals surface area contributed by atoms with Gasteiger partial charge < -0.3 is 42.6 Å². The van der Waals surface area contributed by atoms with Crippen LogP contribution in [0.5, 0.6) is 34.5 Å². The molecule has 2 amide bonds. The first kappa shape index (κ1) is 33.0. The van der Waals surface area contributed by atoms with Crippen LogP contribution in [0.15, 0.2) is 28.7 Å². The van der Waals surface area contributed by atoms with Crippen LogP contribution in [-0.4, -0.2) is 99.1 Å². The highest BCUT2D eigenvalue weighted by atomic mass is 16.5. The van der Waals surface area contributed by atoms with Gasteiger partial charge in [0.1, 0.15) is 12.1 Å². The lowest BCUT2D eigenvalue weighted by molar-refractivity contribution is -0.128. The first-order valence-corrected chi connectivity index (χ1v) is 14.8. The lowest BCUT2D eigenvalue weighted by atomic mass is 10.1. The normalized spacial score (nSPS) is 17.3. The number of carbonyl (C=O) groups is 4. The van der Waals surface area contributed by atoms with Crippen LogP contribution in [0.25, 0.3) is 0 Å². The summed E-state index contributed by atoms with van der Waals surface area (Å²) in [7, 11) is 8.54. The summed E-state index contributed by atoms with van der Waals surface area (Å²) >= 11 is 0. The van der Waals surface area contributed by atoms with E-state index in [1.54, 1.807) is 0 Å². The number of aromatic nitrogens is 2. The molecule has 2 saturated heterocycles. The third-order valence-corrected chi connectivity index (χ3v) is 8.30. The SMILES string of the molecule is COc1cc(C(=O)C(=O)N2CCCC2c2nnc([C@@H]3CCCN3C(=O)C(=O)c3cc(OC)c(OC)c(OC)c3)o2)cc(OC)c1OC. The quantitative estimate of drug-likeness (QED) is 0.207. The first-order valence-electron chi connectivity index (χ1n) is 14.8. The molecule has 0 aliphatic carbocycles. The van der Waals surface area contributed by atoms with Crippen LogP contribution in [0, 0.1) is 0 Å². The Bertz CT molecular complexity index is 1520. The second kappa shape index (κ2) is 14.0. The van der Waals surface area contributed by atoms with Crippen molar-refractivity contribution in [1.82, 2.24) is 20.0 Å². The fourth-order valence-corrected chi connectivity index (χ4v) is 5.98. The van der Waals surface area contributed by atoms with Crippen LogP contribution in [0.4, 0.5) is 0 Å². The van der Waals surface area contributed by atoms with Gasteiger partial charge in [0.05, 0.1) is 42.7 Å². The second-order valence-corrected chi connectivity index (χ2v) is 10.8. The number of carbonyl (C=O) groups excluding carboxylic acids is 4. The van der Waals surface area contributed by atoms with Gasteiger partial charge >= 0.3 is 0 Å². The van der Waals surface area contributed by atoms with Gasteiger partial charge in [0, 0.05) is 24.2 Å². The van der Waals surface area contributed by atoms with Gasteiger partial charge in [-0.15, -0.1) is 10.2 Å². The monoisotopic (exact) mass is 652 g/mol. The van der Waals surface area contributed by atoms with E-state index in [1.165, 1.54) is 76.7 Å². The van der Waals surface area contributed by atoms with E-state index in [0.29, 0.717) is 50.3 Å². The summed E-state index contributed by atoms with van der Waals surface area (Å²) in [6.07, 6.45) is 2.19. The van der Waals surface area contributed by atoms with Crippen LogP contribution in [0.1, 0.15) is 70.3 Å². The van der Waals surface area contributed by atoms with Gasteiger partial charge in [0.15, 0.2) is 23.0 Å². The Kier molecular flexibility index (Phi) is 9.82. The first-order chi connectivity index (χ1) is 22.7. The van der Waals surface area contributed by atoms with E-state index in [-0.39, 0.29) is 45.9 Å². The molecule has 0 radical (unpaired) electrons. The molecule has 5 rings (SSSR count). The minimum Gasteiger partial charge on any atom is -0.493 e. The van der Waals surface area contributed by atoms with Crippen LogP contribution in [0.3, 0.4) is 0 Å². The highest BCUT2D eigenvalue weighted by molar-refractivity contribution is 6.43. The van der Waals surface area contributed by atoms with Gasteiger partial charge in [-0.1, -0.05) is 0 Å². The fourth-order valence-electron chi connectivity index (χ4n) is 5.98. The Labute approximate surface area is 270 Å². The fraction of sp³-hybridized carbons (Fsp3) is 0.438. The largest absolute Gasteiger partial charge is 0.493 e. The van der Waals surface area contributed by atoms with Crippen molar-refractivity contribution in [3.8, 4) is 34.5 Å². The smallest absolute Gasteiger partial charge is 0.295 e. The van der Waals surface area contributed by atoms with Gasteiger partial charge in [0.2, 0.25) is 23.3 Å². The Hall–Kier alpha value is -5.34. The molecule has 2 aliphatic rings. The zero-order valence-corrected chi connectivity index (χ0v) is 27.0.